The second-order valence-corrected chi connectivity index (χ2v) is 2.61. The molecule has 0 aromatic rings. The fraction of sp³-hybridized carbons (Fsp3) is 0.667. The molecule has 0 heterocycles. The molecule has 0 aliphatic rings. The molecule has 0 saturated heterocycles. The number of carboxylic acid groups (broad SMARTS) is 1. The molecule has 0 radical (unpaired) electrons. The summed E-state index contributed by atoms with van der Waals surface area (Å²) in [6, 6.07) is -1.38. The lowest BCUT2D eigenvalue weighted by Crippen LogP contribution is -2.51. The van der Waals surface area contributed by atoms with Gasteiger partial charge in [0, 0.05) is 0 Å². The topological polar surface area (TPSA) is 134 Å². The van der Waals surface area contributed by atoms with Crippen molar-refractivity contribution in [3.63, 3.8) is 0 Å². The van der Waals surface area contributed by atoms with Crippen LogP contribution in [0.3, 0.4) is 0 Å². The SMILES string of the molecule is CCCC(C(=O)O)N(C(=N)N)[N+](=O)[O-]. The smallest absolute Gasteiger partial charge is 0.333 e. The van der Waals surface area contributed by atoms with Gasteiger partial charge in [0.15, 0.2) is 11.1 Å². The quantitative estimate of drug-likeness (QED) is 0.242. The standard InChI is InChI=1S/C6H12N4O4/c1-2-3-4(5(11)12)9(6(7)8)10(13)14/h4H,2-3H2,1H3,(H3,7,8)(H,11,12). The van der Waals surface area contributed by atoms with Gasteiger partial charge in [-0.3, -0.25) is 5.41 Å². The summed E-state index contributed by atoms with van der Waals surface area (Å²) < 4.78 is 0. The van der Waals surface area contributed by atoms with Gasteiger partial charge in [-0.1, -0.05) is 13.3 Å². The fourth-order valence-corrected chi connectivity index (χ4v) is 0.993. The second kappa shape index (κ2) is 5.00. The largest absolute Gasteiger partial charge is 0.480 e. The number of nitrogens with two attached hydrogens (primary N) is 1. The van der Waals surface area contributed by atoms with Crippen molar-refractivity contribution in [2.75, 3.05) is 0 Å². The van der Waals surface area contributed by atoms with Gasteiger partial charge in [-0.25, -0.2) is 14.9 Å². The minimum atomic E-state index is -1.38. The summed E-state index contributed by atoms with van der Waals surface area (Å²) in [5.41, 5.74) is 4.91. The van der Waals surface area contributed by atoms with E-state index in [9.17, 15) is 14.9 Å². The summed E-state index contributed by atoms with van der Waals surface area (Å²) >= 11 is 0. The number of hydrazine groups is 1. The predicted octanol–water partition coefficient (Wildman–Crippen LogP) is -0.373. The van der Waals surface area contributed by atoms with Crippen LogP contribution in [0, 0.1) is 15.5 Å². The second-order valence-electron chi connectivity index (χ2n) is 2.61. The Morgan fingerprint density at radius 3 is 2.50 bits per heavy atom. The zero-order chi connectivity index (χ0) is 11.3. The molecule has 8 heteroatoms. The Labute approximate surface area is 79.9 Å². The number of carbonyl (C=O) groups is 1. The molecule has 0 spiro atoms. The molecule has 0 aromatic carbocycles. The van der Waals surface area contributed by atoms with Crippen molar-refractivity contribution in [3.05, 3.63) is 10.1 Å². The summed E-state index contributed by atoms with van der Waals surface area (Å²) in [6.07, 6.45) is 0.518. The highest BCUT2D eigenvalue weighted by molar-refractivity contribution is 5.81. The average Bonchev–Trinajstić information content (AvgIpc) is 2.01. The molecular weight excluding hydrogens is 192 g/mol. The van der Waals surface area contributed by atoms with Crippen molar-refractivity contribution in [3.8, 4) is 0 Å². The Morgan fingerprint density at radius 1 is 1.79 bits per heavy atom. The van der Waals surface area contributed by atoms with E-state index in [1.807, 2.05) is 0 Å². The molecule has 0 bridgehead atoms. The van der Waals surface area contributed by atoms with Crippen LogP contribution in [-0.4, -0.2) is 33.1 Å². The molecule has 0 saturated carbocycles. The van der Waals surface area contributed by atoms with E-state index in [0.717, 1.165) is 0 Å². The number of guanidine groups is 1. The first kappa shape index (κ1) is 12.1. The van der Waals surface area contributed by atoms with E-state index in [1.54, 1.807) is 6.92 Å². The Kier molecular flexibility index (Phi) is 4.33. The van der Waals surface area contributed by atoms with E-state index < -0.39 is 23.0 Å². The predicted molar refractivity (Wildman–Crippen MR) is 47.1 cm³/mol. The van der Waals surface area contributed by atoms with Crippen LogP contribution >= 0.6 is 0 Å². The summed E-state index contributed by atoms with van der Waals surface area (Å²) in [5, 5.41) is 25.1. The number of hydrogen-bond acceptors (Lipinski definition) is 4. The van der Waals surface area contributed by atoms with Crippen LogP contribution in [0.1, 0.15) is 19.8 Å². The number of carboxylic acids is 1. The molecule has 4 N–H and O–H groups in total. The Hall–Kier alpha value is -1.86. The molecular formula is C6H12N4O4. The van der Waals surface area contributed by atoms with Crippen molar-refractivity contribution >= 4 is 11.9 Å². The molecule has 80 valence electrons. The van der Waals surface area contributed by atoms with Crippen LogP contribution in [0.2, 0.25) is 0 Å². The van der Waals surface area contributed by atoms with Crippen LogP contribution < -0.4 is 5.73 Å². The lowest BCUT2D eigenvalue weighted by molar-refractivity contribution is -0.635. The van der Waals surface area contributed by atoms with Crippen molar-refractivity contribution < 1.29 is 14.9 Å². The van der Waals surface area contributed by atoms with Crippen molar-refractivity contribution in [1.82, 2.24) is 5.01 Å². The van der Waals surface area contributed by atoms with Crippen molar-refractivity contribution in [1.29, 1.82) is 5.41 Å². The van der Waals surface area contributed by atoms with Gasteiger partial charge in [0.25, 0.3) is 5.96 Å². The highest BCUT2D eigenvalue weighted by atomic mass is 16.7. The number of nitrogens with one attached hydrogen (secondary N) is 1. The first-order chi connectivity index (χ1) is 6.41. The third-order valence-electron chi connectivity index (χ3n) is 1.57. The molecule has 0 amide bonds. The number of aliphatic carboxylic acids is 1. The molecule has 0 aliphatic carbocycles. The minimum Gasteiger partial charge on any atom is -0.480 e. The normalized spacial score (nSPS) is 11.8. The van der Waals surface area contributed by atoms with Gasteiger partial charge in [0.2, 0.25) is 0 Å². The molecule has 0 rings (SSSR count). The van der Waals surface area contributed by atoms with Gasteiger partial charge in [-0.15, -0.1) is 0 Å². The molecule has 1 unspecified atom stereocenters. The Balaban J connectivity index is 4.82. The van der Waals surface area contributed by atoms with Crippen LogP contribution in [0.15, 0.2) is 0 Å². The van der Waals surface area contributed by atoms with Crippen molar-refractivity contribution in [2.24, 2.45) is 5.73 Å². The monoisotopic (exact) mass is 204 g/mol. The van der Waals surface area contributed by atoms with Gasteiger partial charge in [0.05, 0.1) is 0 Å². The van der Waals surface area contributed by atoms with Crippen LogP contribution in [0.4, 0.5) is 0 Å². The lowest BCUT2D eigenvalue weighted by Gasteiger charge is -2.18. The van der Waals surface area contributed by atoms with E-state index >= 15 is 0 Å². The van der Waals surface area contributed by atoms with E-state index in [1.165, 1.54) is 0 Å². The van der Waals surface area contributed by atoms with Crippen LogP contribution in [0.5, 0.6) is 0 Å². The summed E-state index contributed by atoms with van der Waals surface area (Å²) in [7, 11) is 0. The van der Waals surface area contributed by atoms with E-state index in [4.69, 9.17) is 16.2 Å². The van der Waals surface area contributed by atoms with Gasteiger partial charge >= 0.3 is 5.97 Å². The molecule has 0 fully saturated rings. The minimum absolute atomic E-state index is 0.0654. The zero-order valence-electron chi connectivity index (χ0n) is 7.64. The number of nitro groups is 1. The molecule has 0 aliphatic heterocycles. The lowest BCUT2D eigenvalue weighted by atomic mass is 10.1. The maximum absolute atomic E-state index is 10.6. The van der Waals surface area contributed by atoms with Crippen LogP contribution in [0.25, 0.3) is 0 Å². The molecule has 1 atom stereocenters. The van der Waals surface area contributed by atoms with Gasteiger partial charge in [0.1, 0.15) is 0 Å². The highest BCUT2D eigenvalue weighted by Gasteiger charge is 2.34. The van der Waals surface area contributed by atoms with Crippen LogP contribution in [-0.2, 0) is 4.79 Å². The third-order valence-corrected chi connectivity index (χ3v) is 1.57. The van der Waals surface area contributed by atoms with E-state index in [0.29, 0.717) is 6.42 Å². The summed E-state index contributed by atoms with van der Waals surface area (Å²) in [5.74, 6) is -2.24. The average molecular weight is 204 g/mol. The molecule has 0 aromatic heterocycles. The highest BCUT2D eigenvalue weighted by Crippen LogP contribution is 2.06. The number of hydrogen-bond donors (Lipinski definition) is 3. The molecule has 8 nitrogen and oxygen atoms in total. The Bertz CT molecular complexity index is 240. The van der Waals surface area contributed by atoms with Gasteiger partial charge < -0.3 is 10.8 Å². The summed E-state index contributed by atoms with van der Waals surface area (Å²) in [6.45, 7) is 1.69. The number of nitrogens with zero attached hydrogens (tertiary/aromatic N) is 2. The van der Waals surface area contributed by atoms with Gasteiger partial charge in [-0.2, -0.15) is 0 Å². The maximum Gasteiger partial charge on any atom is 0.333 e. The first-order valence-corrected chi connectivity index (χ1v) is 3.92. The van der Waals surface area contributed by atoms with Crippen molar-refractivity contribution in [2.45, 2.75) is 25.8 Å². The Morgan fingerprint density at radius 2 is 2.29 bits per heavy atom. The zero-order valence-corrected chi connectivity index (χ0v) is 7.64. The van der Waals surface area contributed by atoms with E-state index in [-0.39, 0.29) is 11.4 Å². The van der Waals surface area contributed by atoms with E-state index in [2.05, 4.69) is 0 Å². The fourth-order valence-electron chi connectivity index (χ4n) is 0.993. The molecule has 14 heavy (non-hydrogen) atoms. The number of rotatable bonds is 5. The first-order valence-electron chi connectivity index (χ1n) is 3.92. The maximum atomic E-state index is 10.6. The van der Waals surface area contributed by atoms with Gasteiger partial charge in [-0.05, 0) is 11.4 Å². The summed E-state index contributed by atoms with van der Waals surface area (Å²) in [4.78, 5) is 21.1. The third kappa shape index (κ3) is 2.88.